The zero-order valence-electron chi connectivity index (χ0n) is 11.2. The molecule has 0 aromatic carbocycles. The summed E-state index contributed by atoms with van der Waals surface area (Å²) in [5.74, 6) is 0.766. The van der Waals surface area contributed by atoms with E-state index in [0.717, 1.165) is 17.8 Å². The number of nitriles is 1. The van der Waals surface area contributed by atoms with Gasteiger partial charge in [0.25, 0.3) is 0 Å². The van der Waals surface area contributed by atoms with Crippen LogP contribution in [0.15, 0.2) is 21.7 Å². The summed E-state index contributed by atoms with van der Waals surface area (Å²) in [5.41, 5.74) is -0.542. The van der Waals surface area contributed by atoms with Gasteiger partial charge in [-0.1, -0.05) is 16.9 Å². The second-order valence-corrected chi connectivity index (χ2v) is 5.29. The third kappa shape index (κ3) is 3.55. The molecule has 8 heteroatoms. The van der Waals surface area contributed by atoms with Crippen molar-refractivity contribution >= 4 is 11.8 Å². The highest BCUT2D eigenvalue weighted by Crippen LogP contribution is 2.36. The molecule has 2 aromatic heterocycles. The molecule has 0 unspecified atom stereocenters. The Morgan fingerprint density at radius 2 is 2.00 bits per heavy atom. The van der Waals surface area contributed by atoms with Gasteiger partial charge in [-0.05, 0) is 19.9 Å². The Kier molecular flexibility index (Phi) is 4.23. The lowest BCUT2D eigenvalue weighted by molar-refractivity contribution is -0.138. The summed E-state index contributed by atoms with van der Waals surface area (Å²) in [5, 5.41) is 12.7. The van der Waals surface area contributed by atoms with Crippen LogP contribution >= 0.6 is 11.8 Å². The second-order valence-electron chi connectivity index (χ2n) is 4.32. The standard InChI is InChI=1S/C13H10F3N3OS/c1-7-4-11(13(14,15)16)10(5-17)12(18-7)21-6-9-3-8(2)19-20-9/h3-4H,6H2,1-2H3. The number of alkyl halides is 3. The van der Waals surface area contributed by atoms with Gasteiger partial charge < -0.3 is 4.52 Å². The molecule has 21 heavy (non-hydrogen) atoms. The molecule has 0 spiro atoms. The lowest BCUT2D eigenvalue weighted by Gasteiger charge is -2.12. The van der Waals surface area contributed by atoms with E-state index in [1.54, 1.807) is 19.1 Å². The number of hydrogen-bond donors (Lipinski definition) is 0. The van der Waals surface area contributed by atoms with Gasteiger partial charge in [0, 0.05) is 11.8 Å². The molecule has 110 valence electrons. The van der Waals surface area contributed by atoms with Gasteiger partial charge in [0.15, 0.2) is 0 Å². The van der Waals surface area contributed by atoms with Crippen LogP contribution in [0.3, 0.4) is 0 Å². The molecule has 0 fully saturated rings. The van der Waals surface area contributed by atoms with Crippen molar-refractivity contribution in [2.24, 2.45) is 0 Å². The fraction of sp³-hybridized carbons (Fsp3) is 0.308. The summed E-state index contributed by atoms with van der Waals surface area (Å²) in [4.78, 5) is 4.02. The molecule has 0 radical (unpaired) electrons. The average Bonchev–Trinajstić information content (AvgIpc) is 2.80. The van der Waals surface area contributed by atoms with Crippen LogP contribution in [0.5, 0.6) is 0 Å². The second kappa shape index (κ2) is 5.77. The van der Waals surface area contributed by atoms with Crippen molar-refractivity contribution in [3.8, 4) is 6.07 Å². The van der Waals surface area contributed by atoms with E-state index in [0.29, 0.717) is 11.5 Å². The van der Waals surface area contributed by atoms with Gasteiger partial charge in [0.1, 0.15) is 16.9 Å². The van der Waals surface area contributed by atoms with Crippen molar-refractivity contribution in [3.05, 3.63) is 40.4 Å². The first-order valence-electron chi connectivity index (χ1n) is 5.85. The first-order valence-corrected chi connectivity index (χ1v) is 6.83. The molecular formula is C13H10F3N3OS. The van der Waals surface area contributed by atoms with E-state index >= 15 is 0 Å². The molecule has 0 amide bonds. The Bertz CT molecular complexity index is 704. The van der Waals surface area contributed by atoms with Crippen molar-refractivity contribution in [2.75, 3.05) is 0 Å². The summed E-state index contributed by atoms with van der Waals surface area (Å²) >= 11 is 1.02. The number of thioether (sulfide) groups is 1. The van der Waals surface area contributed by atoms with E-state index in [-0.39, 0.29) is 16.5 Å². The highest BCUT2D eigenvalue weighted by molar-refractivity contribution is 7.98. The quantitative estimate of drug-likeness (QED) is 0.805. The predicted octanol–water partition coefficient (Wildman–Crippen LogP) is 3.87. The Hall–Kier alpha value is -2.01. The van der Waals surface area contributed by atoms with Crippen molar-refractivity contribution in [1.29, 1.82) is 5.26 Å². The molecule has 0 N–H and O–H groups in total. The van der Waals surface area contributed by atoms with Crippen LogP contribution in [-0.4, -0.2) is 10.1 Å². The summed E-state index contributed by atoms with van der Waals surface area (Å²) in [6.45, 7) is 3.20. The van der Waals surface area contributed by atoms with Gasteiger partial charge in [0.2, 0.25) is 0 Å². The number of rotatable bonds is 3. The van der Waals surface area contributed by atoms with Gasteiger partial charge in [-0.3, -0.25) is 0 Å². The largest absolute Gasteiger partial charge is 0.417 e. The molecular weight excluding hydrogens is 303 g/mol. The molecule has 0 aliphatic carbocycles. The van der Waals surface area contributed by atoms with Gasteiger partial charge in [-0.15, -0.1) is 0 Å². The van der Waals surface area contributed by atoms with Gasteiger partial charge in [-0.25, -0.2) is 4.98 Å². The first-order chi connectivity index (χ1) is 9.81. The topological polar surface area (TPSA) is 62.7 Å². The van der Waals surface area contributed by atoms with E-state index in [1.807, 2.05) is 0 Å². The zero-order valence-corrected chi connectivity index (χ0v) is 12.0. The van der Waals surface area contributed by atoms with Crippen LogP contribution in [-0.2, 0) is 11.9 Å². The first kappa shape index (κ1) is 15.4. The molecule has 0 atom stereocenters. The maximum absolute atomic E-state index is 12.9. The third-order valence-electron chi connectivity index (χ3n) is 2.56. The summed E-state index contributed by atoms with van der Waals surface area (Å²) in [7, 11) is 0. The van der Waals surface area contributed by atoms with E-state index in [9.17, 15) is 13.2 Å². The molecule has 0 bridgehead atoms. The smallest absolute Gasteiger partial charge is 0.360 e. The Labute approximate surface area is 123 Å². The number of aromatic nitrogens is 2. The lowest BCUT2D eigenvalue weighted by atomic mass is 10.1. The minimum absolute atomic E-state index is 0.0406. The van der Waals surface area contributed by atoms with Gasteiger partial charge in [0.05, 0.1) is 22.6 Å². The zero-order chi connectivity index (χ0) is 15.6. The maximum atomic E-state index is 12.9. The van der Waals surface area contributed by atoms with Gasteiger partial charge in [-0.2, -0.15) is 18.4 Å². The normalized spacial score (nSPS) is 11.4. The molecule has 2 heterocycles. The minimum Gasteiger partial charge on any atom is -0.360 e. The summed E-state index contributed by atoms with van der Waals surface area (Å²) < 4.78 is 43.8. The van der Waals surface area contributed by atoms with Crippen molar-refractivity contribution in [1.82, 2.24) is 10.1 Å². The fourth-order valence-electron chi connectivity index (χ4n) is 1.70. The van der Waals surface area contributed by atoms with Crippen molar-refractivity contribution in [3.63, 3.8) is 0 Å². The summed E-state index contributed by atoms with van der Waals surface area (Å²) in [6, 6.07) is 4.15. The SMILES string of the molecule is Cc1cc(CSc2nc(C)cc(C(F)(F)F)c2C#N)on1. The van der Waals surface area contributed by atoms with Crippen LogP contribution in [0.1, 0.15) is 28.3 Å². The average molecular weight is 313 g/mol. The molecule has 0 saturated carbocycles. The monoisotopic (exact) mass is 313 g/mol. The van der Waals surface area contributed by atoms with E-state index in [2.05, 4.69) is 10.1 Å². The number of nitrogens with zero attached hydrogens (tertiary/aromatic N) is 3. The van der Waals surface area contributed by atoms with Crippen molar-refractivity contribution in [2.45, 2.75) is 30.8 Å². The van der Waals surface area contributed by atoms with Gasteiger partial charge >= 0.3 is 6.18 Å². The number of aryl methyl sites for hydroxylation is 2. The fourth-order valence-corrected chi connectivity index (χ4v) is 2.63. The van der Waals surface area contributed by atoms with Crippen LogP contribution in [0, 0.1) is 25.2 Å². The Morgan fingerprint density at radius 1 is 1.29 bits per heavy atom. The van der Waals surface area contributed by atoms with Crippen LogP contribution in [0.4, 0.5) is 13.2 Å². The van der Waals surface area contributed by atoms with E-state index in [4.69, 9.17) is 9.78 Å². The molecule has 0 saturated heterocycles. The molecule has 4 nitrogen and oxygen atoms in total. The molecule has 2 aromatic rings. The maximum Gasteiger partial charge on any atom is 0.417 e. The third-order valence-corrected chi connectivity index (χ3v) is 3.56. The predicted molar refractivity (Wildman–Crippen MR) is 69.5 cm³/mol. The van der Waals surface area contributed by atoms with Crippen LogP contribution < -0.4 is 0 Å². The highest BCUT2D eigenvalue weighted by Gasteiger charge is 2.35. The van der Waals surface area contributed by atoms with E-state index < -0.39 is 17.3 Å². The molecule has 0 aliphatic rings. The van der Waals surface area contributed by atoms with Crippen molar-refractivity contribution < 1.29 is 17.7 Å². The highest BCUT2D eigenvalue weighted by atomic mass is 32.2. The Morgan fingerprint density at radius 3 is 2.52 bits per heavy atom. The number of hydrogen-bond acceptors (Lipinski definition) is 5. The van der Waals surface area contributed by atoms with E-state index in [1.165, 1.54) is 6.92 Å². The van der Waals surface area contributed by atoms with Crippen LogP contribution in [0.25, 0.3) is 0 Å². The molecule has 0 aliphatic heterocycles. The molecule has 2 rings (SSSR count). The Balaban J connectivity index is 2.35. The summed E-state index contributed by atoms with van der Waals surface area (Å²) in [6.07, 6.45) is -4.59. The number of halogens is 3. The van der Waals surface area contributed by atoms with Crippen LogP contribution in [0.2, 0.25) is 0 Å². The lowest BCUT2D eigenvalue weighted by Crippen LogP contribution is -2.10. The minimum atomic E-state index is -4.59. The number of pyridine rings is 1.